The van der Waals surface area contributed by atoms with Gasteiger partial charge in [0.15, 0.2) is 29.1 Å². The number of halogens is 1. The van der Waals surface area contributed by atoms with Gasteiger partial charge in [0.2, 0.25) is 11.8 Å². The van der Waals surface area contributed by atoms with Crippen molar-refractivity contribution in [3.63, 3.8) is 0 Å². The number of nitrogens with zero attached hydrogens (tertiary/aromatic N) is 1. The number of carbonyl (C=O) groups excluding carboxylic acids is 2. The topological polar surface area (TPSA) is 86.3 Å². The number of carbonyl (C=O) groups is 2. The van der Waals surface area contributed by atoms with Crippen molar-refractivity contribution in [2.75, 3.05) is 33.3 Å². The molecule has 0 unspecified atom stereocenters. The molecule has 1 fully saturated rings. The molecular weight excluding hydrogens is 496 g/mol. The number of rotatable bonds is 9. The van der Waals surface area contributed by atoms with Crippen molar-refractivity contribution in [2.45, 2.75) is 50.8 Å². The van der Waals surface area contributed by atoms with E-state index in [1.807, 2.05) is 24.3 Å². The molecule has 1 heterocycles. The number of methoxy groups -OCH3 is 2. The van der Waals surface area contributed by atoms with Crippen LogP contribution in [0.25, 0.3) is 0 Å². The summed E-state index contributed by atoms with van der Waals surface area (Å²) in [6.07, 6.45) is 3.45. The fourth-order valence-corrected chi connectivity index (χ4v) is 5.13. The minimum atomic E-state index is -0.939. The second kappa shape index (κ2) is 12.4. The standard InChI is InChI=1S/C28H35ClN2O6/c1-18-8-11-20(12-9-18)30-28(33)27(19-10-13-22(34-2)25(14-19)35-3)31(26(32)15-29)16-21-17-36-23-6-4-5-7-24(23)37-21/h4-7,10,13-14,18,20-21,27H,8-9,11-12,15-17H2,1-3H3,(H,30,33)/t18?,20?,21-,27-/m1/s1. The van der Waals surface area contributed by atoms with Crippen molar-refractivity contribution in [1.82, 2.24) is 10.2 Å². The zero-order valence-corrected chi connectivity index (χ0v) is 22.3. The van der Waals surface area contributed by atoms with Gasteiger partial charge in [-0.1, -0.05) is 25.1 Å². The number of alkyl halides is 1. The number of benzene rings is 2. The predicted molar refractivity (Wildman–Crippen MR) is 141 cm³/mol. The molecule has 0 spiro atoms. The fraction of sp³-hybridized carbons (Fsp3) is 0.500. The molecule has 1 saturated carbocycles. The van der Waals surface area contributed by atoms with Crippen LogP contribution >= 0.6 is 11.6 Å². The lowest BCUT2D eigenvalue weighted by Crippen LogP contribution is -2.51. The maximum atomic E-state index is 13.9. The van der Waals surface area contributed by atoms with Crippen molar-refractivity contribution < 1.29 is 28.5 Å². The van der Waals surface area contributed by atoms with Crippen LogP contribution in [0.5, 0.6) is 23.0 Å². The first-order valence-corrected chi connectivity index (χ1v) is 13.2. The van der Waals surface area contributed by atoms with Crippen molar-refractivity contribution in [1.29, 1.82) is 0 Å². The Morgan fingerprint density at radius 3 is 2.43 bits per heavy atom. The molecule has 2 aliphatic rings. The summed E-state index contributed by atoms with van der Waals surface area (Å²) in [5.74, 6) is 1.97. The Morgan fingerprint density at radius 1 is 1.05 bits per heavy atom. The number of hydrogen-bond acceptors (Lipinski definition) is 6. The van der Waals surface area contributed by atoms with E-state index in [4.69, 9.17) is 30.5 Å². The summed E-state index contributed by atoms with van der Waals surface area (Å²) in [5.41, 5.74) is 0.593. The Kier molecular flexibility index (Phi) is 9.03. The summed E-state index contributed by atoms with van der Waals surface area (Å²) in [4.78, 5) is 28.6. The Hall–Kier alpha value is -3.13. The molecule has 0 aromatic heterocycles. The van der Waals surface area contributed by atoms with Crippen molar-refractivity contribution in [3.8, 4) is 23.0 Å². The van der Waals surface area contributed by atoms with Crippen LogP contribution in [0, 0.1) is 5.92 Å². The number of hydrogen-bond donors (Lipinski definition) is 1. The van der Waals surface area contributed by atoms with Crippen LogP contribution in [0.3, 0.4) is 0 Å². The van der Waals surface area contributed by atoms with Crippen LogP contribution < -0.4 is 24.3 Å². The highest BCUT2D eigenvalue weighted by Gasteiger charge is 2.36. The highest BCUT2D eigenvalue weighted by molar-refractivity contribution is 6.27. The zero-order chi connectivity index (χ0) is 26.4. The van der Waals surface area contributed by atoms with Crippen LogP contribution in [0.2, 0.25) is 0 Å². The summed E-state index contributed by atoms with van der Waals surface area (Å²) < 4.78 is 22.9. The van der Waals surface area contributed by atoms with E-state index in [-0.39, 0.29) is 36.9 Å². The highest BCUT2D eigenvalue weighted by atomic mass is 35.5. The van der Waals surface area contributed by atoms with Crippen LogP contribution in [0.4, 0.5) is 0 Å². The van der Waals surface area contributed by atoms with Gasteiger partial charge in [-0.3, -0.25) is 9.59 Å². The van der Waals surface area contributed by atoms with E-state index >= 15 is 0 Å². The molecular formula is C28H35ClN2O6. The third kappa shape index (κ3) is 6.42. The highest BCUT2D eigenvalue weighted by Crippen LogP contribution is 2.35. The quantitative estimate of drug-likeness (QED) is 0.485. The van der Waals surface area contributed by atoms with Gasteiger partial charge >= 0.3 is 0 Å². The minimum absolute atomic E-state index is 0.0560. The van der Waals surface area contributed by atoms with Gasteiger partial charge in [0.1, 0.15) is 18.5 Å². The predicted octanol–water partition coefficient (Wildman–Crippen LogP) is 4.35. The molecule has 8 nitrogen and oxygen atoms in total. The monoisotopic (exact) mass is 530 g/mol. The molecule has 4 rings (SSSR count). The van der Waals surface area contributed by atoms with Crippen molar-refractivity contribution >= 4 is 23.4 Å². The molecule has 1 aliphatic carbocycles. The lowest BCUT2D eigenvalue weighted by molar-refractivity contribution is -0.141. The number of ether oxygens (including phenoxy) is 4. The van der Waals surface area contributed by atoms with Gasteiger partial charge in [0.05, 0.1) is 20.8 Å². The van der Waals surface area contributed by atoms with Gasteiger partial charge in [-0.05, 0) is 61.4 Å². The Labute approximate surface area is 223 Å². The van der Waals surface area contributed by atoms with Gasteiger partial charge in [-0.15, -0.1) is 11.6 Å². The normalized spacial score (nSPS) is 21.5. The molecule has 0 saturated heterocycles. The van der Waals surface area contributed by atoms with Gasteiger partial charge in [-0.25, -0.2) is 0 Å². The molecule has 0 bridgehead atoms. The molecule has 1 aliphatic heterocycles. The Morgan fingerprint density at radius 2 is 1.76 bits per heavy atom. The third-order valence-electron chi connectivity index (χ3n) is 7.05. The van der Waals surface area contributed by atoms with Crippen LogP contribution in [0.15, 0.2) is 42.5 Å². The van der Waals surface area contributed by atoms with E-state index < -0.39 is 12.1 Å². The molecule has 1 N–H and O–H groups in total. The Balaban J connectivity index is 1.65. The summed E-state index contributed by atoms with van der Waals surface area (Å²) in [6.45, 7) is 2.59. The molecule has 2 amide bonds. The van der Waals surface area contributed by atoms with Crippen LogP contribution in [-0.2, 0) is 9.59 Å². The molecule has 37 heavy (non-hydrogen) atoms. The molecule has 200 valence electrons. The van der Waals surface area contributed by atoms with Crippen LogP contribution in [-0.4, -0.2) is 62.1 Å². The SMILES string of the molecule is COc1ccc([C@H](C(=O)NC2CCC(C)CC2)N(C[C@@H]2COc3ccccc3O2)C(=O)CCl)cc1OC. The smallest absolute Gasteiger partial charge is 0.247 e. The molecule has 0 radical (unpaired) electrons. The zero-order valence-electron chi connectivity index (χ0n) is 21.6. The van der Waals surface area contributed by atoms with E-state index in [1.165, 1.54) is 12.0 Å². The average molecular weight is 531 g/mol. The van der Waals surface area contributed by atoms with Gasteiger partial charge in [0, 0.05) is 6.04 Å². The van der Waals surface area contributed by atoms with E-state index in [9.17, 15) is 9.59 Å². The second-order valence-corrected chi connectivity index (χ2v) is 9.93. The van der Waals surface area contributed by atoms with E-state index in [0.717, 1.165) is 25.7 Å². The number of amides is 2. The summed E-state index contributed by atoms with van der Waals surface area (Å²) >= 11 is 6.06. The average Bonchev–Trinajstić information content (AvgIpc) is 2.93. The molecule has 9 heteroatoms. The number of fused-ring (bicyclic) bond motifs is 1. The van der Waals surface area contributed by atoms with Gasteiger partial charge in [0.25, 0.3) is 0 Å². The maximum Gasteiger partial charge on any atom is 0.247 e. The first kappa shape index (κ1) is 26.9. The van der Waals surface area contributed by atoms with Crippen molar-refractivity contribution in [3.05, 3.63) is 48.0 Å². The van der Waals surface area contributed by atoms with Gasteiger partial charge in [-0.2, -0.15) is 0 Å². The number of para-hydroxylation sites is 2. The lowest BCUT2D eigenvalue weighted by atomic mass is 9.87. The summed E-state index contributed by atoms with van der Waals surface area (Å²) in [5, 5.41) is 3.20. The first-order valence-electron chi connectivity index (χ1n) is 12.7. The fourth-order valence-electron chi connectivity index (χ4n) is 4.98. The third-order valence-corrected chi connectivity index (χ3v) is 7.28. The van der Waals surface area contributed by atoms with E-state index in [0.29, 0.717) is 34.5 Å². The maximum absolute atomic E-state index is 13.9. The molecule has 2 aromatic rings. The van der Waals surface area contributed by atoms with Gasteiger partial charge < -0.3 is 29.2 Å². The Bertz CT molecular complexity index is 1090. The van der Waals surface area contributed by atoms with Crippen LogP contribution in [0.1, 0.15) is 44.2 Å². The summed E-state index contributed by atoms with van der Waals surface area (Å²) in [7, 11) is 3.08. The second-order valence-electron chi connectivity index (χ2n) is 9.66. The van der Waals surface area contributed by atoms with E-state index in [1.54, 1.807) is 25.3 Å². The number of nitrogens with one attached hydrogen (secondary N) is 1. The summed E-state index contributed by atoms with van der Waals surface area (Å²) in [6, 6.07) is 11.7. The lowest BCUT2D eigenvalue weighted by Gasteiger charge is -2.36. The van der Waals surface area contributed by atoms with Crippen molar-refractivity contribution in [2.24, 2.45) is 5.92 Å². The van der Waals surface area contributed by atoms with E-state index in [2.05, 4.69) is 12.2 Å². The minimum Gasteiger partial charge on any atom is -0.493 e. The molecule has 2 atom stereocenters. The molecule has 2 aromatic carbocycles. The first-order chi connectivity index (χ1) is 17.9. The largest absolute Gasteiger partial charge is 0.493 e.